The minimum Gasteiger partial charge on any atom is -0.233 e. The zero-order valence-electron chi connectivity index (χ0n) is 9.06. The number of rotatable bonds is 2. The molecule has 4 heteroatoms. The van der Waals surface area contributed by atoms with Crippen molar-refractivity contribution < 1.29 is 0 Å². The molecule has 1 aromatic carbocycles. The molecular weight excluding hydrogens is 212 g/mol. The first-order valence-corrected chi connectivity index (χ1v) is 5.32. The molecule has 2 aromatic heterocycles. The highest BCUT2D eigenvalue weighted by Crippen LogP contribution is 2.20. The molecule has 4 nitrogen and oxygen atoms in total. The van der Waals surface area contributed by atoms with Crippen molar-refractivity contribution in [2.75, 3.05) is 0 Å². The van der Waals surface area contributed by atoms with E-state index >= 15 is 0 Å². The molecule has 0 fully saturated rings. The smallest absolute Gasteiger partial charge is 0.0757 e. The molecule has 82 valence electrons. The van der Waals surface area contributed by atoms with Crippen molar-refractivity contribution >= 4 is 0 Å². The van der Waals surface area contributed by atoms with Gasteiger partial charge in [0, 0.05) is 5.56 Å². The van der Waals surface area contributed by atoms with E-state index in [-0.39, 0.29) is 0 Å². The zero-order valence-corrected chi connectivity index (χ0v) is 9.06. The van der Waals surface area contributed by atoms with Crippen LogP contribution in [-0.2, 0) is 0 Å². The molecular formula is C13H10N4. The van der Waals surface area contributed by atoms with E-state index in [1.54, 1.807) is 18.6 Å². The van der Waals surface area contributed by atoms with E-state index in [9.17, 15) is 0 Å². The average Bonchev–Trinajstić information content (AvgIpc) is 2.90. The maximum atomic E-state index is 4.33. The molecule has 0 atom stereocenters. The van der Waals surface area contributed by atoms with Crippen LogP contribution in [0.2, 0.25) is 0 Å². The fraction of sp³-hybridized carbons (Fsp3) is 0. The minimum atomic E-state index is 1.00. The second-order valence-corrected chi connectivity index (χ2v) is 3.59. The van der Waals surface area contributed by atoms with Crippen LogP contribution in [0.1, 0.15) is 0 Å². The summed E-state index contributed by atoms with van der Waals surface area (Å²) in [6.07, 6.45) is 5.19. The summed E-state index contributed by atoms with van der Waals surface area (Å²) in [6, 6.07) is 13.9. The number of para-hydroxylation sites is 1. The van der Waals surface area contributed by atoms with Crippen molar-refractivity contribution in [2.45, 2.75) is 0 Å². The quantitative estimate of drug-likeness (QED) is 0.668. The monoisotopic (exact) mass is 222 g/mol. The fourth-order valence-corrected chi connectivity index (χ4v) is 1.74. The summed E-state index contributed by atoms with van der Waals surface area (Å²) >= 11 is 0. The summed E-state index contributed by atoms with van der Waals surface area (Å²) < 4.78 is 1.89. The normalized spacial score (nSPS) is 10.4. The second-order valence-electron chi connectivity index (χ2n) is 3.59. The third kappa shape index (κ3) is 1.80. The lowest BCUT2D eigenvalue weighted by atomic mass is 10.2. The maximum Gasteiger partial charge on any atom is 0.0757 e. The molecule has 3 aromatic rings. The van der Waals surface area contributed by atoms with Gasteiger partial charge in [-0.1, -0.05) is 18.2 Å². The number of aromatic nitrogens is 4. The molecule has 0 aliphatic carbocycles. The van der Waals surface area contributed by atoms with Gasteiger partial charge in [0.25, 0.3) is 0 Å². The average molecular weight is 222 g/mol. The van der Waals surface area contributed by atoms with E-state index in [1.165, 1.54) is 0 Å². The lowest BCUT2D eigenvalue weighted by molar-refractivity contribution is 0.885. The largest absolute Gasteiger partial charge is 0.233 e. The van der Waals surface area contributed by atoms with Gasteiger partial charge in [-0.2, -0.15) is 15.3 Å². The first kappa shape index (κ1) is 9.72. The zero-order chi connectivity index (χ0) is 11.5. The van der Waals surface area contributed by atoms with Gasteiger partial charge in [-0.15, -0.1) is 0 Å². The first-order valence-electron chi connectivity index (χ1n) is 5.32. The number of benzene rings is 1. The Kier molecular flexibility index (Phi) is 2.38. The van der Waals surface area contributed by atoms with Gasteiger partial charge in [0.2, 0.25) is 0 Å². The van der Waals surface area contributed by atoms with Crippen LogP contribution in [-0.4, -0.2) is 20.0 Å². The highest BCUT2D eigenvalue weighted by Gasteiger charge is 2.06. The van der Waals surface area contributed by atoms with Crippen molar-refractivity contribution in [3.05, 3.63) is 61.1 Å². The number of hydrogen-bond acceptors (Lipinski definition) is 3. The lowest BCUT2D eigenvalue weighted by Gasteiger charge is -2.06. The summed E-state index contributed by atoms with van der Waals surface area (Å²) in [5.74, 6) is 0. The molecule has 0 spiro atoms. The van der Waals surface area contributed by atoms with Crippen molar-refractivity contribution in [1.82, 2.24) is 20.0 Å². The van der Waals surface area contributed by atoms with Crippen molar-refractivity contribution in [3.8, 4) is 16.9 Å². The van der Waals surface area contributed by atoms with Crippen LogP contribution in [0.4, 0.5) is 0 Å². The van der Waals surface area contributed by atoms with Gasteiger partial charge >= 0.3 is 0 Å². The molecule has 0 saturated heterocycles. The SMILES string of the molecule is c1ccc(-n2nccc2-c2ccnnc2)cc1. The van der Waals surface area contributed by atoms with E-state index < -0.39 is 0 Å². The maximum absolute atomic E-state index is 4.33. The summed E-state index contributed by atoms with van der Waals surface area (Å²) in [5, 5.41) is 12.0. The van der Waals surface area contributed by atoms with E-state index in [2.05, 4.69) is 15.3 Å². The van der Waals surface area contributed by atoms with Crippen LogP contribution in [0, 0.1) is 0 Å². The first-order chi connectivity index (χ1) is 8.45. The Morgan fingerprint density at radius 1 is 0.824 bits per heavy atom. The van der Waals surface area contributed by atoms with Crippen molar-refractivity contribution in [1.29, 1.82) is 0 Å². The minimum absolute atomic E-state index is 1.00. The highest BCUT2D eigenvalue weighted by atomic mass is 15.3. The van der Waals surface area contributed by atoms with E-state index in [0.717, 1.165) is 16.9 Å². The topological polar surface area (TPSA) is 43.6 Å². The summed E-state index contributed by atoms with van der Waals surface area (Å²) in [6.45, 7) is 0. The van der Waals surface area contributed by atoms with E-state index in [4.69, 9.17) is 0 Å². The van der Waals surface area contributed by atoms with Crippen molar-refractivity contribution in [3.63, 3.8) is 0 Å². The van der Waals surface area contributed by atoms with Gasteiger partial charge in [-0.05, 0) is 24.3 Å². The van der Waals surface area contributed by atoms with Gasteiger partial charge in [0.05, 0.1) is 30.0 Å². The van der Waals surface area contributed by atoms with Gasteiger partial charge in [-0.25, -0.2) is 4.68 Å². The third-order valence-electron chi connectivity index (χ3n) is 2.52. The van der Waals surface area contributed by atoms with Gasteiger partial charge < -0.3 is 0 Å². The lowest BCUT2D eigenvalue weighted by Crippen LogP contribution is -1.98. The van der Waals surface area contributed by atoms with Crippen molar-refractivity contribution in [2.24, 2.45) is 0 Å². The molecule has 3 rings (SSSR count). The van der Waals surface area contributed by atoms with Crippen LogP contribution in [0.3, 0.4) is 0 Å². The van der Waals surface area contributed by atoms with Crippen LogP contribution in [0.15, 0.2) is 61.1 Å². The molecule has 0 amide bonds. The van der Waals surface area contributed by atoms with Crippen LogP contribution >= 0.6 is 0 Å². The summed E-state index contributed by atoms with van der Waals surface area (Å²) in [7, 11) is 0. The molecule has 0 aliphatic rings. The highest BCUT2D eigenvalue weighted by molar-refractivity contribution is 5.60. The van der Waals surface area contributed by atoms with E-state index in [0.29, 0.717) is 0 Å². The second kappa shape index (κ2) is 4.17. The number of hydrogen-bond donors (Lipinski definition) is 0. The standard InChI is InChI=1S/C13H10N4/c1-2-4-12(5-3-1)17-13(7-9-16-17)11-6-8-14-15-10-11/h1-10H. The fourth-order valence-electron chi connectivity index (χ4n) is 1.74. The third-order valence-corrected chi connectivity index (χ3v) is 2.52. The molecule has 0 bridgehead atoms. The molecule has 0 unspecified atom stereocenters. The van der Waals surface area contributed by atoms with Gasteiger partial charge in [0.15, 0.2) is 0 Å². The number of nitrogens with zero attached hydrogens (tertiary/aromatic N) is 4. The predicted octanol–water partition coefficient (Wildman–Crippen LogP) is 2.33. The Bertz CT molecular complexity index is 548. The molecule has 0 saturated carbocycles. The summed E-state index contributed by atoms with van der Waals surface area (Å²) in [4.78, 5) is 0. The Labute approximate surface area is 98.6 Å². The Morgan fingerprint density at radius 3 is 2.47 bits per heavy atom. The van der Waals surface area contributed by atoms with Crippen LogP contribution in [0.25, 0.3) is 16.9 Å². The van der Waals surface area contributed by atoms with E-state index in [1.807, 2.05) is 47.1 Å². The molecule has 0 N–H and O–H groups in total. The Morgan fingerprint density at radius 2 is 1.71 bits per heavy atom. The van der Waals surface area contributed by atoms with Crippen LogP contribution < -0.4 is 0 Å². The van der Waals surface area contributed by atoms with Crippen LogP contribution in [0.5, 0.6) is 0 Å². The summed E-state index contributed by atoms with van der Waals surface area (Å²) in [5.41, 5.74) is 3.04. The Hall–Kier alpha value is -2.49. The Balaban J connectivity index is 2.13. The molecule has 0 aliphatic heterocycles. The molecule has 0 radical (unpaired) electrons. The molecule has 17 heavy (non-hydrogen) atoms. The van der Waals surface area contributed by atoms with Gasteiger partial charge in [0.1, 0.15) is 0 Å². The molecule has 2 heterocycles. The predicted molar refractivity (Wildman–Crippen MR) is 64.6 cm³/mol. The van der Waals surface area contributed by atoms with Gasteiger partial charge in [-0.3, -0.25) is 0 Å².